The van der Waals surface area contributed by atoms with Crippen LogP contribution in [0.5, 0.6) is 11.5 Å². The van der Waals surface area contributed by atoms with Gasteiger partial charge in [-0.15, -0.1) is 11.3 Å². The Morgan fingerprint density at radius 2 is 2.22 bits per heavy atom. The lowest BCUT2D eigenvalue weighted by atomic mass is 10.2. The van der Waals surface area contributed by atoms with E-state index in [9.17, 15) is 0 Å². The Morgan fingerprint density at radius 3 is 2.83 bits per heavy atom. The summed E-state index contributed by atoms with van der Waals surface area (Å²) in [5, 5.41) is 2.03. The minimum absolute atomic E-state index is 0.472. The molecule has 0 aliphatic rings. The molecule has 0 aliphatic heterocycles. The molecule has 0 unspecified atom stereocenters. The lowest BCUT2D eigenvalue weighted by Gasteiger charge is -2.13. The first-order valence-electron chi connectivity index (χ1n) is 5.46. The first kappa shape index (κ1) is 13.4. The van der Waals surface area contributed by atoms with Crippen LogP contribution < -0.4 is 15.2 Å². The number of hydrogen-bond donors (Lipinski definition) is 1. The Labute approximate surface area is 119 Å². The SMILES string of the molecule is COc1cc(CN)cc(Br)c1OCc1cccs1. The monoisotopic (exact) mass is 327 g/mol. The normalized spacial score (nSPS) is 10.4. The highest BCUT2D eigenvalue weighted by molar-refractivity contribution is 9.10. The average molecular weight is 328 g/mol. The molecule has 1 aromatic carbocycles. The van der Waals surface area contributed by atoms with Gasteiger partial charge in [0.15, 0.2) is 11.5 Å². The first-order valence-corrected chi connectivity index (χ1v) is 7.13. The van der Waals surface area contributed by atoms with Gasteiger partial charge in [0.05, 0.1) is 11.6 Å². The van der Waals surface area contributed by atoms with Crippen molar-refractivity contribution in [2.75, 3.05) is 7.11 Å². The Morgan fingerprint density at radius 1 is 1.39 bits per heavy atom. The molecule has 1 aromatic heterocycles. The summed E-state index contributed by atoms with van der Waals surface area (Å²) in [6, 6.07) is 7.90. The predicted octanol–water partition coefficient (Wildman–Crippen LogP) is 3.56. The van der Waals surface area contributed by atoms with Crippen LogP contribution in [0.25, 0.3) is 0 Å². The van der Waals surface area contributed by atoms with Crippen molar-refractivity contribution in [3.8, 4) is 11.5 Å². The number of ether oxygens (including phenoxy) is 2. The lowest BCUT2D eigenvalue weighted by molar-refractivity contribution is 0.285. The van der Waals surface area contributed by atoms with E-state index in [1.807, 2.05) is 29.6 Å². The highest BCUT2D eigenvalue weighted by Crippen LogP contribution is 2.37. The smallest absolute Gasteiger partial charge is 0.175 e. The summed E-state index contributed by atoms with van der Waals surface area (Å²) < 4.78 is 12.0. The number of halogens is 1. The van der Waals surface area contributed by atoms with Crippen molar-refractivity contribution < 1.29 is 9.47 Å². The molecule has 0 saturated carbocycles. The molecule has 0 bridgehead atoms. The number of methoxy groups -OCH3 is 1. The van der Waals surface area contributed by atoms with Crippen molar-refractivity contribution in [2.45, 2.75) is 13.2 Å². The largest absolute Gasteiger partial charge is 0.493 e. The number of hydrogen-bond acceptors (Lipinski definition) is 4. The number of thiophene rings is 1. The van der Waals surface area contributed by atoms with Crippen LogP contribution in [-0.4, -0.2) is 7.11 Å². The summed E-state index contributed by atoms with van der Waals surface area (Å²) in [6.45, 7) is 1.01. The highest BCUT2D eigenvalue weighted by atomic mass is 79.9. The fraction of sp³-hybridized carbons (Fsp3) is 0.231. The Bertz CT molecular complexity index is 514. The second-order valence-electron chi connectivity index (χ2n) is 3.68. The van der Waals surface area contributed by atoms with E-state index in [2.05, 4.69) is 15.9 Å². The molecule has 0 aliphatic carbocycles. The number of rotatable bonds is 5. The van der Waals surface area contributed by atoms with Crippen LogP contribution in [-0.2, 0) is 13.2 Å². The summed E-state index contributed by atoms with van der Waals surface area (Å²) in [5.74, 6) is 1.41. The maximum atomic E-state index is 5.80. The molecule has 1 heterocycles. The van der Waals surface area contributed by atoms with Crippen molar-refractivity contribution in [3.05, 3.63) is 44.6 Å². The van der Waals surface area contributed by atoms with Crippen molar-refractivity contribution in [1.82, 2.24) is 0 Å². The van der Waals surface area contributed by atoms with Crippen LogP contribution >= 0.6 is 27.3 Å². The maximum absolute atomic E-state index is 5.80. The van der Waals surface area contributed by atoms with E-state index in [4.69, 9.17) is 15.2 Å². The van der Waals surface area contributed by atoms with Crippen LogP contribution in [0.1, 0.15) is 10.4 Å². The minimum Gasteiger partial charge on any atom is -0.493 e. The Hall–Kier alpha value is -1.04. The van der Waals surface area contributed by atoms with E-state index in [0.717, 1.165) is 10.0 Å². The molecular weight excluding hydrogens is 314 g/mol. The number of nitrogens with two attached hydrogens (primary N) is 1. The van der Waals surface area contributed by atoms with Gasteiger partial charge in [-0.2, -0.15) is 0 Å². The van der Waals surface area contributed by atoms with E-state index >= 15 is 0 Å². The molecule has 0 fully saturated rings. The molecule has 5 heteroatoms. The van der Waals surface area contributed by atoms with Crippen LogP contribution in [0.15, 0.2) is 34.1 Å². The highest BCUT2D eigenvalue weighted by Gasteiger charge is 2.11. The molecule has 0 saturated heterocycles. The lowest BCUT2D eigenvalue weighted by Crippen LogP contribution is -2.01. The zero-order valence-corrected chi connectivity index (χ0v) is 12.4. The topological polar surface area (TPSA) is 44.5 Å². The second-order valence-corrected chi connectivity index (χ2v) is 5.57. The fourth-order valence-corrected chi connectivity index (χ4v) is 2.79. The van der Waals surface area contributed by atoms with E-state index in [1.54, 1.807) is 18.4 Å². The summed E-state index contributed by atoms with van der Waals surface area (Å²) in [5.41, 5.74) is 6.63. The van der Waals surface area contributed by atoms with Gasteiger partial charge in [-0.25, -0.2) is 0 Å². The van der Waals surface area contributed by atoms with E-state index in [-0.39, 0.29) is 0 Å². The van der Waals surface area contributed by atoms with Crippen molar-refractivity contribution in [2.24, 2.45) is 5.73 Å². The van der Waals surface area contributed by atoms with Crippen LogP contribution in [0.3, 0.4) is 0 Å². The van der Waals surface area contributed by atoms with Gasteiger partial charge in [0.1, 0.15) is 6.61 Å². The summed E-state index contributed by atoms with van der Waals surface area (Å²) in [4.78, 5) is 1.17. The van der Waals surface area contributed by atoms with Crippen molar-refractivity contribution in [3.63, 3.8) is 0 Å². The molecular formula is C13H14BrNO2S. The quantitative estimate of drug-likeness (QED) is 0.913. The standard InChI is InChI=1S/C13H14BrNO2S/c1-16-12-6-9(7-15)5-11(14)13(12)17-8-10-3-2-4-18-10/h2-6H,7-8,15H2,1H3. The molecule has 0 spiro atoms. The van der Waals surface area contributed by atoms with Gasteiger partial charge in [0.2, 0.25) is 0 Å². The van der Waals surface area contributed by atoms with Gasteiger partial charge in [-0.05, 0) is 45.1 Å². The number of benzene rings is 1. The second kappa shape index (κ2) is 6.22. The van der Waals surface area contributed by atoms with Gasteiger partial charge in [0, 0.05) is 11.4 Å². The molecule has 0 amide bonds. The third-order valence-electron chi connectivity index (χ3n) is 2.46. The zero-order chi connectivity index (χ0) is 13.0. The third kappa shape index (κ3) is 3.04. The Balaban J connectivity index is 2.20. The first-order chi connectivity index (χ1) is 8.74. The Kier molecular flexibility index (Phi) is 4.63. The van der Waals surface area contributed by atoms with Gasteiger partial charge in [-0.1, -0.05) is 6.07 Å². The maximum Gasteiger partial charge on any atom is 0.175 e. The molecule has 96 valence electrons. The van der Waals surface area contributed by atoms with Gasteiger partial charge in [0.25, 0.3) is 0 Å². The van der Waals surface area contributed by atoms with Gasteiger partial charge < -0.3 is 15.2 Å². The summed E-state index contributed by atoms with van der Waals surface area (Å²) in [6.07, 6.45) is 0. The third-order valence-corrected chi connectivity index (χ3v) is 3.90. The summed E-state index contributed by atoms with van der Waals surface area (Å²) >= 11 is 5.15. The summed E-state index contributed by atoms with van der Waals surface area (Å²) in [7, 11) is 1.63. The zero-order valence-electron chi connectivity index (χ0n) is 9.98. The molecule has 3 nitrogen and oxygen atoms in total. The van der Waals surface area contributed by atoms with Crippen molar-refractivity contribution >= 4 is 27.3 Å². The molecule has 18 heavy (non-hydrogen) atoms. The van der Waals surface area contributed by atoms with Crippen LogP contribution in [0.4, 0.5) is 0 Å². The van der Waals surface area contributed by atoms with Gasteiger partial charge >= 0.3 is 0 Å². The van der Waals surface area contributed by atoms with E-state index < -0.39 is 0 Å². The molecule has 2 N–H and O–H groups in total. The van der Waals surface area contributed by atoms with E-state index in [1.165, 1.54) is 4.88 Å². The molecule has 0 radical (unpaired) electrons. The van der Waals surface area contributed by atoms with E-state index in [0.29, 0.717) is 24.7 Å². The molecule has 0 atom stereocenters. The van der Waals surface area contributed by atoms with Crippen molar-refractivity contribution in [1.29, 1.82) is 0 Å². The van der Waals surface area contributed by atoms with Crippen LogP contribution in [0, 0.1) is 0 Å². The molecule has 2 aromatic rings. The van der Waals surface area contributed by atoms with Crippen LogP contribution in [0.2, 0.25) is 0 Å². The molecule has 2 rings (SSSR count). The fourth-order valence-electron chi connectivity index (χ4n) is 1.57. The minimum atomic E-state index is 0.472. The average Bonchev–Trinajstić information content (AvgIpc) is 2.89. The van der Waals surface area contributed by atoms with Gasteiger partial charge in [-0.3, -0.25) is 0 Å². The predicted molar refractivity (Wildman–Crippen MR) is 77.2 cm³/mol.